The van der Waals surface area contributed by atoms with Gasteiger partial charge in [0.15, 0.2) is 5.79 Å². The highest BCUT2D eigenvalue weighted by Crippen LogP contribution is 2.37. The zero-order valence-electron chi connectivity index (χ0n) is 23.0. The Bertz CT molecular complexity index is 1080. The number of carbonyl (C=O) groups is 2. The molecular weight excluding hydrogens is 484 g/mol. The summed E-state index contributed by atoms with van der Waals surface area (Å²) in [6, 6.07) is 14.4. The molecule has 1 saturated carbocycles. The zero-order valence-corrected chi connectivity index (χ0v) is 23.0. The number of hydrogen-bond donors (Lipinski definition) is 2. The summed E-state index contributed by atoms with van der Waals surface area (Å²) in [7, 11) is 0. The molecule has 4 rings (SSSR count). The van der Waals surface area contributed by atoms with Crippen LogP contribution in [0.15, 0.2) is 48.5 Å². The van der Waals surface area contributed by atoms with Crippen LogP contribution in [0.4, 0.5) is 0 Å². The third kappa shape index (κ3) is 7.26. The van der Waals surface area contributed by atoms with Crippen LogP contribution in [-0.2, 0) is 9.47 Å². The average molecular weight is 525 g/mol. The zero-order chi connectivity index (χ0) is 27.3. The van der Waals surface area contributed by atoms with Crippen LogP contribution in [0.1, 0.15) is 81.0 Å². The third-order valence-electron chi connectivity index (χ3n) is 6.78. The van der Waals surface area contributed by atoms with Crippen molar-refractivity contribution in [2.24, 2.45) is 0 Å². The molecule has 0 atom stereocenters. The first kappa shape index (κ1) is 27.9. The quantitative estimate of drug-likeness (QED) is 0.512. The summed E-state index contributed by atoms with van der Waals surface area (Å²) in [5.74, 6) is 0.542. The number of hydrogen-bond acceptors (Lipinski definition) is 6. The lowest BCUT2D eigenvalue weighted by atomic mass is 9.88. The van der Waals surface area contributed by atoms with Gasteiger partial charge in [-0.3, -0.25) is 9.59 Å². The van der Waals surface area contributed by atoms with E-state index < -0.39 is 11.3 Å². The summed E-state index contributed by atoms with van der Waals surface area (Å²) >= 11 is 0. The molecule has 1 spiro atoms. The SMILES string of the molecule is CC(C)Oc1ccc(C(=O)NC2CCC3(CC2)OCC(C)(NC(=O)c2ccc(OC(C)C)cc2)CO3)cc1. The van der Waals surface area contributed by atoms with Crippen LogP contribution in [0, 0.1) is 0 Å². The molecule has 38 heavy (non-hydrogen) atoms. The van der Waals surface area contributed by atoms with Gasteiger partial charge in [-0.15, -0.1) is 0 Å². The lowest BCUT2D eigenvalue weighted by molar-refractivity contribution is -0.300. The Kier molecular flexibility index (Phi) is 8.63. The number of benzene rings is 2. The van der Waals surface area contributed by atoms with Crippen molar-refractivity contribution in [2.45, 2.75) is 89.9 Å². The monoisotopic (exact) mass is 524 g/mol. The van der Waals surface area contributed by atoms with Crippen LogP contribution in [0.2, 0.25) is 0 Å². The summed E-state index contributed by atoms with van der Waals surface area (Å²) in [6.07, 6.45) is 3.04. The minimum Gasteiger partial charge on any atom is -0.491 e. The first-order valence-corrected chi connectivity index (χ1v) is 13.5. The van der Waals surface area contributed by atoms with Crippen molar-refractivity contribution < 1.29 is 28.5 Å². The van der Waals surface area contributed by atoms with E-state index in [1.165, 1.54) is 0 Å². The highest BCUT2D eigenvalue weighted by Gasteiger charge is 2.45. The number of amides is 2. The molecule has 2 aromatic rings. The van der Waals surface area contributed by atoms with Crippen LogP contribution in [0.25, 0.3) is 0 Å². The molecule has 2 aromatic carbocycles. The molecule has 206 valence electrons. The summed E-state index contributed by atoms with van der Waals surface area (Å²) in [6.45, 7) is 10.5. The van der Waals surface area contributed by atoms with Gasteiger partial charge >= 0.3 is 0 Å². The van der Waals surface area contributed by atoms with Crippen LogP contribution >= 0.6 is 0 Å². The van der Waals surface area contributed by atoms with E-state index in [9.17, 15) is 9.59 Å². The van der Waals surface area contributed by atoms with Crippen molar-refractivity contribution in [3.05, 3.63) is 59.7 Å². The fraction of sp³-hybridized carbons (Fsp3) is 0.533. The standard InChI is InChI=1S/C30H40N2O6/c1-20(2)37-25-10-6-22(7-11-25)27(33)31-24-14-16-30(17-15-24)35-18-29(5,19-36-30)32-28(34)23-8-12-26(13-9-23)38-21(3)4/h6-13,20-21,24H,14-19H2,1-5H3,(H,31,33)(H,32,34). The number of ether oxygens (including phenoxy) is 4. The van der Waals surface area contributed by atoms with Gasteiger partial charge in [-0.1, -0.05) is 0 Å². The van der Waals surface area contributed by atoms with Gasteiger partial charge in [-0.25, -0.2) is 0 Å². The molecule has 8 nitrogen and oxygen atoms in total. The molecule has 1 saturated heterocycles. The lowest BCUT2D eigenvalue weighted by Gasteiger charge is -2.47. The Hall–Kier alpha value is -3.10. The first-order chi connectivity index (χ1) is 18.0. The molecule has 1 aliphatic carbocycles. The molecule has 2 amide bonds. The fourth-order valence-corrected chi connectivity index (χ4v) is 4.76. The molecule has 8 heteroatoms. The molecule has 2 fully saturated rings. The summed E-state index contributed by atoms with van der Waals surface area (Å²) in [4.78, 5) is 25.6. The van der Waals surface area contributed by atoms with Gasteiger partial charge in [0.1, 0.15) is 11.5 Å². The van der Waals surface area contributed by atoms with Gasteiger partial charge in [-0.05, 0) is 96.0 Å². The molecule has 2 aliphatic rings. The normalized spacial score (nSPS) is 25.3. The molecule has 1 heterocycles. The van der Waals surface area contributed by atoms with E-state index in [4.69, 9.17) is 18.9 Å². The smallest absolute Gasteiger partial charge is 0.251 e. The highest BCUT2D eigenvalue weighted by molar-refractivity contribution is 5.95. The van der Waals surface area contributed by atoms with Crippen molar-refractivity contribution in [3.63, 3.8) is 0 Å². The maximum atomic E-state index is 12.8. The van der Waals surface area contributed by atoms with Gasteiger partial charge in [0.05, 0.1) is 31.0 Å². The van der Waals surface area contributed by atoms with Gasteiger partial charge < -0.3 is 29.6 Å². The van der Waals surface area contributed by atoms with Crippen molar-refractivity contribution in [3.8, 4) is 11.5 Å². The van der Waals surface area contributed by atoms with Crippen molar-refractivity contribution >= 4 is 11.8 Å². The van der Waals surface area contributed by atoms with E-state index in [1.807, 2.05) is 46.8 Å². The van der Waals surface area contributed by atoms with E-state index >= 15 is 0 Å². The van der Waals surface area contributed by atoms with Gasteiger partial charge in [0, 0.05) is 30.0 Å². The van der Waals surface area contributed by atoms with Gasteiger partial charge in [0.2, 0.25) is 0 Å². The second-order valence-corrected chi connectivity index (χ2v) is 11.1. The lowest BCUT2D eigenvalue weighted by Crippen LogP contribution is -2.61. The van der Waals surface area contributed by atoms with Gasteiger partial charge in [0.25, 0.3) is 11.8 Å². The summed E-state index contributed by atoms with van der Waals surface area (Å²) in [5, 5.41) is 6.20. The van der Waals surface area contributed by atoms with Crippen LogP contribution in [-0.4, -0.2) is 54.6 Å². The van der Waals surface area contributed by atoms with Crippen LogP contribution < -0.4 is 20.1 Å². The fourth-order valence-electron chi connectivity index (χ4n) is 4.76. The highest BCUT2D eigenvalue weighted by atomic mass is 16.7. The molecule has 2 N–H and O–H groups in total. The maximum Gasteiger partial charge on any atom is 0.251 e. The van der Waals surface area contributed by atoms with E-state index in [2.05, 4.69) is 10.6 Å². The molecule has 0 bridgehead atoms. The van der Waals surface area contributed by atoms with E-state index in [-0.39, 0.29) is 30.1 Å². The number of rotatable bonds is 8. The predicted molar refractivity (Wildman–Crippen MR) is 145 cm³/mol. The number of nitrogens with one attached hydrogen (secondary N) is 2. The topological polar surface area (TPSA) is 95.1 Å². The Balaban J connectivity index is 1.23. The minimum absolute atomic E-state index is 0.0579. The van der Waals surface area contributed by atoms with Crippen LogP contribution in [0.3, 0.4) is 0 Å². The molecule has 0 aromatic heterocycles. The van der Waals surface area contributed by atoms with E-state index in [1.54, 1.807) is 36.4 Å². The first-order valence-electron chi connectivity index (χ1n) is 13.5. The van der Waals surface area contributed by atoms with E-state index in [0.717, 1.165) is 24.3 Å². The predicted octanol–water partition coefficient (Wildman–Crippen LogP) is 4.87. The van der Waals surface area contributed by atoms with Crippen molar-refractivity contribution in [2.75, 3.05) is 13.2 Å². The summed E-state index contributed by atoms with van der Waals surface area (Å²) in [5.41, 5.74) is 0.535. The molecule has 1 aliphatic heterocycles. The second-order valence-electron chi connectivity index (χ2n) is 11.1. The Morgan fingerprint density at radius 1 is 0.789 bits per heavy atom. The molecular formula is C30H40N2O6. The van der Waals surface area contributed by atoms with Gasteiger partial charge in [-0.2, -0.15) is 0 Å². The maximum absolute atomic E-state index is 12.8. The van der Waals surface area contributed by atoms with Crippen molar-refractivity contribution in [1.29, 1.82) is 0 Å². The Labute approximate surface area is 225 Å². The molecule has 0 radical (unpaired) electrons. The Morgan fingerprint density at radius 3 is 1.68 bits per heavy atom. The second kappa shape index (κ2) is 11.7. The minimum atomic E-state index is -0.670. The van der Waals surface area contributed by atoms with Crippen molar-refractivity contribution in [1.82, 2.24) is 10.6 Å². The summed E-state index contributed by atoms with van der Waals surface area (Å²) < 4.78 is 23.7. The third-order valence-corrected chi connectivity index (χ3v) is 6.78. The van der Waals surface area contributed by atoms with E-state index in [0.29, 0.717) is 37.2 Å². The van der Waals surface area contributed by atoms with Crippen LogP contribution in [0.5, 0.6) is 11.5 Å². The number of carbonyl (C=O) groups excluding carboxylic acids is 2. The largest absolute Gasteiger partial charge is 0.491 e. The Morgan fingerprint density at radius 2 is 1.24 bits per heavy atom. The molecule has 0 unspecified atom stereocenters. The average Bonchev–Trinajstić information content (AvgIpc) is 2.87.